The van der Waals surface area contributed by atoms with Crippen LogP contribution in [0.5, 0.6) is 5.75 Å². The number of nitrogens with one attached hydrogen (secondary N) is 1. The first-order valence-corrected chi connectivity index (χ1v) is 10.7. The molecule has 1 saturated heterocycles. The molecule has 1 aliphatic heterocycles. The van der Waals surface area contributed by atoms with Crippen LogP contribution in [-0.4, -0.2) is 38.1 Å². The van der Waals surface area contributed by atoms with Crippen LogP contribution in [-0.2, 0) is 11.3 Å². The Bertz CT molecular complexity index is 954. The van der Waals surface area contributed by atoms with Gasteiger partial charge in [-0.2, -0.15) is 0 Å². The van der Waals surface area contributed by atoms with Crippen molar-refractivity contribution in [2.75, 3.05) is 27.2 Å². The molecule has 4 nitrogen and oxygen atoms in total. The summed E-state index contributed by atoms with van der Waals surface area (Å²) in [6, 6.07) is 17.2. The van der Waals surface area contributed by atoms with Crippen molar-refractivity contribution in [3.63, 3.8) is 0 Å². The van der Waals surface area contributed by atoms with Gasteiger partial charge in [0.2, 0.25) is 0 Å². The molecule has 5 heteroatoms. The molecule has 0 bridgehead atoms. The van der Waals surface area contributed by atoms with Gasteiger partial charge in [0.05, 0.1) is 18.5 Å². The van der Waals surface area contributed by atoms with Crippen LogP contribution < -0.4 is 9.64 Å². The van der Waals surface area contributed by atoms with E-state index < -0.39 is 0 Å². The van der Waals surface area contributed by atoms with Crippen LogP contribution in [0.1, 0.15) is 29.3 Å². The second kappa shape index (κ2) is 8.33. The normalized spacial score (nSPS) is 19.1. The van der Waals surface area contributed by atoms with Crippen LogP contribution >= 0.6 is 11.3 Å². The van der Waals surface area contributed by atoms with E-state index in [4.69, 9.17) is 4.74 Å². The van der Waals surface area contributed by atoms with Gasteiger partial charge in [-0.05, 0) is 46.0 Å². The summed E-state index contributed by atoms with van der Waals surface area (Å²) in [6.07, 6.45) is 2.38. The molecular weight excluding hydrogens is 368 g/mol. The van der Waals surface area contributed by atoms with Crippen LogP contribution in [0.4, 0.5) is 0 Å². The number of rotatable bonds is 6. The van der Waals surface area contributed by atoms with E-state index in [-0.39, 0.29) is 5.91 Å². The van der Waals surface area contributed by atoms with Crippen LogP contribution in [0.3, 0.4) is 0 Å². The number of ether oxygens (including phenoxy) is 1. The Balaban J connectivity index is 1.41. The Hall–Kier alpha value is -2.37. The summed E-state index contributed by atoms with van der Waals surface area (Å²) in [5, 5.41) is 4.45. The van der Waals surface area contributed by atoms with Crippen LogP contribution in [0, 0.1) is 0 Å². The third-order valence-electron chi connectivity index (χ3n) is 5.71. The molecule has 28 heavy (non-hydrogen) atoms. The largest absolute Gasteiger partial charge is 0.497 e. The van der Waals surface area contributed by atoms with Gasteiger partial charge in [0, 0.05) is 26.4 Å². The van der Waals surface area contributed by atoms with Gasteiger partial charge < -0.3 is 14.5 Å². The minimum atomic E-state index is 0.216. The van der Waals surface area contributed by atoms with Gasteiger partial charge in [-0.25, -0.2) is 0 Å². The van der Waals surface area contributed by atoms with Crippen molar-refractivity contribution < 1.29 is 14.4 Å². The Morgan fingerprint density at radius 1 is 1.21 bits per heavy atom. The number of likely N-dealkylation sites (tertiary alicyclic amines) is 1. The van der Waals surface area contributed by atoms with E-state index in [0.717, 1.165) is 23.2 Å². The number of nitrogens with zero attached hydrogens (tertiary/aromatic N) is 1. The summed E-state index contributed by atoms with van der Waals surface area (Å²) in [6.45, 7) is 2.29. The van der Waals surface area contributed by atoms with Crippen molar-refractivity contribution >= 4 is 28.0 Å². The average molecular weight is 396 g/mol. The molecule has 0 radical (unpaired) electrons. The average Bonchev–Trinajstić information content (AvgIpc) is 3.39. The Labute approximate surface area is 170 Å². The predicted molar refractivity (Wildman–Crippen MR) is 114 cm³/mol. The summed E-state index contributed by atoms with van der Waals surface area (Å²) in [4.78, 5) is 17.5. The highest BCUT2D eigenvalue weighted by atomic mass is 32.1. The first-order valence-electron chi connectivity index (χ1n) is 9.82. The smallest absolute Gasteiger partial charge is 0.277 e. The number of likely N-dealkylation sites (N-methyl/N-ethyl adjacent to an activating group) is 1. The SMILES string of the molecule is COc1ccc2cc(CN(C)C(=O)C[NH+]3CCC[C@H]3c3cccs3)ccc2c1. The number of quaternary nitrogens is 1. The lowest BCUT2D eigenvalue weighted by Gasteiger charge is -2.23. The van der Waals surface area contributed by atoms with Crippen molar-refractivity contribution in [1.29, 1.82) is 0 Å². The number of hydrogen-bond donors (Lipinski definition) is 1. The maximum Gasteiger partial charge on any atom is 0.277 e. The van der Waals surface area contributed by atoms with Crippen molar-refractivity contribution in [3.8, 4) is 5.75 Å². The summed E-state index contributed by atoms with van der Waals surface area (Å²) >= 11 is 1.81. The second-order valence-corrected chi connectivity index (χ2v) is 8.57. The highest BCUT2D eigenvalue weighted by Gasteiger charge is 2.32. The van der Waals surface area contributed by atoms with Gasteiger partial charge in [-0.3, -0.25) is 4.79 Å². The first kappa shape index (κ1) is 19.0. The zero-order chi connectivity index (χ0) is 19.5. The minimum absolute atomic E-state index is 0.216. The summed E-state index contributed by atoms with van der Waals surface area (Å²) < 4.78 is 5.29. The Morgan fingerprint density at radius 2 is 2.04 bits per heavy atom. The Morgan fingerprint density at radius 3 is 2.82 bits per heavy atom. The molecule has 2 aromatic carbocycles. The molecule has 1 N–H and O–H groups in total. The highest BCUT2D eigenvalue weighted by molar-refractivity contribution is 7.10. The van der Waals surface area contributed by atoms with Gasteiger partial charge in [-0.1, -0.05) is 24.3 Å². The van der Waals surface area contributed by atoms with E-state index in [0.29, 0.717) is 19.1 Å². The van der Waals surface area contributed by atoms with Crippen molar-refractivity contribution in [3.05, 3.63) is 64.4 Å². The number of carbonyl (C=O) groups excluding carboxylic acids is 1. The monoisotopic (exact) mass is 395 g/mol. The van der Waals surface area contributed by atoms with E-state index in [1.165, 1.54) is 28.0 Å². The van der Waals surface area contributed by atoms with E-state index in [9.17, 15) is 4.79 Å². The maximum absolute atomic E-state index is 12.9. The number of carbonyl (C=O) groups is 1. The number of methoxy groups -OCH3 is 1. The van der Waals surface area contributed by atoms with Gasteiger partial charge in [0.15, 0.2) is 6.54 Å². The zero-order valence-electron chi connectivity index (χ0n) is 16.5. The molecule has 1 amide bonds. The highest BCUT2D eigenvalue weighted by Crippen LogP contribution is 2.24. The number of thiophene rings is 1. The maximum atomic E-state index is 12.9. The van der Waals surface area contributed by atoms with Crippen molar-refractivity contribution in [1.82, 2.24) is 4.90 Å². The van der Waals surface area contributed by atoms with Crippen molar-refractivity contribution in [2.45, 2.75) is 25.4 Å². The minimum Gasteiger partial charge on any atom is -0.497 e. The zero-order valence-corrected chi connectivity index (χ0v) is 17.3. The Kier molecular flexibility index (Phi) is 5.64. The van der Waals surface area contributed by atoms with E-state index in [2.05, 4.69) is 41.8 Å². The fourth-order valence-corrected chi connectivity index (χ4v) is 5.07. The predicted octanol–water partition coefficient (Wildman–Crippen LogP) is 3.29. The standard InChI is InChI=1S/C23H26N2O2S/c1-24(15-17-7-8-19-14-20(27-2)10-9-18(19)13-17)23(26)16-25-11-3-5-21(25)22-6-4-12-28-22/h4,6-10,12-14,21H,3,5,11,15-16H2,1-2H3/p+1/t21-/m0/s1. The number of hydrogen-bond acceptors (Lipinski definition) is 3. The summed E-state index contributed by atoms with van der Waals surface area (Å²) in [7, 11) is 3.59. The second-order valence-electron chi connectivity index (χ2n) is 7.59. The fourth-order valence-electron chi connectivity index (χ4n) is 4.15. The molecular formula is C23H27N2O2S+. The molecule has 0 spiro atoms. The van der Waals surface area contributed by atoms with E-state index >= 15 is 0 Å². The first-order chi connectivity index (χ1) is 13.6. The van der Waals surface area contributed by atoms with Gasteiger partial charge in [-0.15, -0.1) is 11.3 Å². The molecule has 146 valence electrons. The topological polar surface area (TPSA) is 34.0 Å². The molecule has 2 heterocycles. The molecule has 1 unspecified atom stereocenters. The molecule has 4 rings (SSSR count). The lowest BCUT2D eigenvalue weighted by Crippen LogP contribution is -3.11. The molecule has 3 aromatic rings. The van der Waals surface area contributed by atoms with Crippen LogP contribution in [0.2, 0.25) is 0 Å². The molecule has 1 fully saturated rings. The lowest BCUT2D eigenvalue weighted by molar-refractivity contribution is -0.910. The lowest BCUT2D eigenvalue weighted by atomic mass is 10.1. The fraction of sp³-hybridized carbons (Fsp3) is 0.348. The molecule has 1 aromatic heterocycles. The van der Waals surface area contributed by atoms with Crippen LogP contribution in [0.15, 0.2) is 53.9 Å². The quantitative estimate of drug-likeness (QED) is 0.695. The molecule has 0 saturated carbocycles. The molecule has 1 aliphatic rings. The number of benzene rings is 2. The van der Waals surface area contributed by atoms with Gasteiger partial charge in [0.1, 0.15) is 11.8 Å². The van der Waals surface area contributed by atoms with Gasteiger partial charge in [0.25, 0.3) is 5.91 Å². The van der Waals surface area contributed by atoms with Crippen LogP contribution in [0.25, 0.3) is 10.8 Å². The third-order valence-corrected chi connectivity index (χ3v) is 6.69. The van der Waals surface area contributed by atoms with E-state index in [1.54, 1.807) is 7.11 Å². The summed E-state index contributed by atoms with van der Waals surface area (Å²) in [5.41, 5.74) is 1.15. The molecule has 0 aliphatic carbocycles. The summed E-state index contributed by atoms with van der Waals surface area (Å²) in [5.74, 6) is 1.08. The molecule has 2 atom stereocenters. The van der Waals surface area contributed by atoms with Gasteiger partial charge >= 0.3 is 0 Å². The van der Waals surface area contributed by atoms with Crippen molar-refractivity contribution in [2.24, 2.45) is 0 Å². The number of fused-ring (bicyclic) bond motifs is 1. The third kappa shape index (κ3) is 4.05. The number of amides is 1. The van der Waals surface area contributed by atoms with E-state index in [1.807, 2.05) is 35.4 Å².